The fourth-order valence-corrected chi connectivity index (χ4v) is 2.08. The third-order valence-electron chi connectivity index (χ3n) is 3.83. The lowest BCUT2D eigenvalue weighted by atomic mass is 10.1. The molecule has 0 rings (SSSR count). The minimum Gasteiger partial charge on any atom is -0.462 e. The third-order valence-corrected chi connectivity index (χ3v) is 3.83. The molecule has 0 radical (unpaired) electrons. The normalized spacial score (nSPS) is 12.5. The molecule has 0 N–H and O–H groups in total. The van der Waals surface area contributed by atoms with E-state index >= 15 is 0 Å². The van der Waals surface area contributed by atoms with Gasteiger partial charge in [-0.25, -0.2) is 0 Å². The van der Waals surface area contributed by atoms with Crippen LogP contribution in [-0.2, 0) is 47.7 Å². The van der Waals surface area contributed by atoms with Crippen molar-refractivity contribution in [2.45, 2.75) is 85.0 Å². The second-order valence-corrected chi connectivity index (χ2v) is 6.14. The highest BCUT2D eigenvalue weighted by Crippen LogP contribution is 2.17. The maximum Gasteiger partial charge on any atom is 0.306 e. The van der Waals surface area contributed by atoms with E-state index in [2.05, 4.69) is 0 Å². The molecule has 0 heterocycles. The number of ether oxygens (including phenoxy) is 5. The monoisotopic (exact) mass is 432 g/mol. The Hall–Kier alpha value is -2.65. The summed E-state index contributed by atoms with van der Waals surface area (Å²) in [6.45, 7) is 6.97. The summed E-state index contributed by atoms with van der Waals surface area (Å²) in [5.74, 6) is -3.08. The molecule has 0 aliphatic rings. The van der Waals surface area contributed by atoms with Crippen LogP contribution in [0.1, 0.15) is 66.7 Å². The predicted octanol–water partition coefficient (Wildman–Crippen LogP) is 1.86. The van der Waals surface area contributed by atoms with Crippen LogP contribution in [0.4, 0.5) is 0 Å². The molecule has 0 aliphatic carbocycles. The molecule has 0 saturated heterocycles. The number of carbonyl (C=O) groups is 5. The smallest absolute Gasteiger partial charge is 0.306 e. The van der Waals surface area contributed by atoms with E-state index in [1.165, 1.54) is 0 Å². The van der Waals surface area contributed by atoms with Crippen LogP contribution < -0.4 is 0 Å². The van der Waals surface area contributed by atoms with E-state index in [1.54, 1.807) is 34.6 Å². The highest BCUT2D eigenvalue weighted by atomic mass is 16.6. The zero-order valence-electron chi connectivity index (χ0n) is 18.3. The van der Waals surface area contributed by atoms with Gasteiger partial charge in [-0.05, 0) is 0 Å². The summed E-state index contributed by atoms with van der Waals surface area (Å²) in [4.78, 5) is 59.0. The van der Waals surface area contributed by atoms with Crippen molar-refractivity contribution in [2.75, 3.05) is 13.2 Å². The van der Waals surface area contributed by atoms with Gasteiger partial charge in [-0.1, -0.05) is 34.6 Å². The van der Waals surface area contributed by atoms with Crippen molar-refractivity contribution in [1.29, 1.82) is 0 Å². The molecule has 0 fully saturated rings. The van der Waals surface area contributed by atoms with Gasteiger partial charge in [-0.15, -0.1) is 0 Å². The fraction of sp³-hybridized carbons (Fsp3) is 0.750. The molecule has 10 nitrogen and oxygen atoms in total. The Morgan fingerprint density at radius 1 is 0.500 bits per heavy atom. The molecule has 0 amide bonds. The average molecular weight is 432 g/mol. The van der Waals surface area contributed by atoms with E-state index in [0.717, 1.165) is 0 Å². The van der Waals surface area contributed by atoms with Crippen LogP contribution in [0.25, 0.3) is 0 Å². The second kappa shape index (κ2) is 15.2. The highest BCUT2D eigenvalue weighted by Gasteiger charge is 2.39. The molecule has 0 aromatic carbocycles. The molecule has 172 valence electrons. The zero-order valence-corrected chi connectivity index (χ0v) is 18.3. The van der Waals surface area contributed by atoms with Crippen LogP contribution in [0.3, 0.4) is 0 Å². The van der Waals surface area contributed by atoms with Crippen LogP contribution in [-0.4, -0.2) is 61.4 Å². The SMILES string of the molecule is CCC(=O)OC[C@@H](OC(=O)CC)C(OC(=O)CC)[C@@H](COC(=O)CC)OC(=O)CC. The molecule has 0 unspecified atom stereocenters. The maximum absolute atomic E-state index is 12.0. The standard InChI is InChI=1S/C20H32O10/c1-6-15(21)26-11-13(28-17(23)8-3)20(30-19(25)10-5)14(29-18(24)9-4)12-27-16(22)7-2/h13-14,20H,6-12H2,1-5H3/t13-,14-/m1/s1. The second-order valence-electron chi connectivity index (χ2n) is 6.14. The first-order chi connectivity index (χ1) is 14.2. The summed E-state index contributed by atoms with van der Waals surface area (Å²) in [7, 11) is 0. The van der Waals surface area contributed by atoms with Gasteiger partial charge in [0.05, 0.1) is 0 Å². The number of esters is 5. The Morgan fingerprint density at radius 2 is 0.800 bits per heavy atom. The maximum atomic E-state index is 12.0. The van der Waals surface area contributed by atoms with E-state index in [4.69, 9.17) is 23.7 Å². The summed E-state index contributed by atoms with van der Waals surface area (Å²) >= 11 is 0. The molecule has 0 aromatic heterocycles. The molecule has 0 bridgehead atoms. The quantitative estimate of drug-likeness (QED) is 0.296. The van der Waals surface area contributed by atoms with Crippen molar-refractivity contribution in [3.05, 3.63) is 0 Å². The van der Waals surface area contributed by atoms with Crippen molar-refractivity contribution in [1.82, 2.24) is 0 Å². The van der Waals surface area contributed by atoms with Gasteiger partial charge in [0.25, 0.3) is 0 Å². The first-order valence-corrected chi connectivity index (χ1v) is 10.1. The van der Waals surface area contributed by atoms with Gasteiger partial charge >= 0.3 is 29.8 Å². The van der Waals surface area contributed by atoms with E-state index < -0.39 is 61.4 Å². The summed E-state index contributed by atoms with van der Waals surface area (Å²) < 4.78 is 26.1. The average Bonchev–Trinajstić information content (AvgIpc) is 2.76. The Morgan fingerprint density at radius 3 is 1.10 bits per heavy atom. The zero-order chi connectivity index (χ0) is 23.1. The van der Waals surface area contributed by atoms with E-state index in [9.17, 15) is 24.0 Å². The molecule has 30 heavy (non-hydrogen) atoms. The van der Waals surface area contributed by atoms with Gasteiger partial charge < -0.3 is 23.7 Å². The largest absolute Gasteiger partial charge is 0.462 e. The van der Waals surface area contributed by atoms with Gasteiger partial charge in [0.2, 0.25) is 0 Å². The van der Waals surface area contributed by atoms with Gasteiger partial charge in [0.1, 0.15) is 13.2 Å². The van der Waals surface area contributed by atoms with Crippen LogP contribution in [0.2, 0.25) is 0 Å². The molecular weight excluding hydrogens is 400 g/mol. The van der Waals surface area contributed by atoms with E-state index in [0.29, 0.717) is 0 Å². The summed E-state index contributed by atoms with van der Waals surface area (Å²) in [5, 5.41) is 0. The first kappa shape index (κ1) is 27.4. The molecule has 0 saturated carbocycles. The van der Waals surface area contributed by atoms with Crippen molar-refractivity contribution >= 4 is 29.8 Å². The molecule has 0 spiro atoms. The van der Waals surface area contributed by atoms with Crippen molar-refractivity contribution in [2.24, 2.45) is 0 Å². The summed E-state index contributed by atoms with van der Waals surface area (Å²) in [6.07, 6.45) is -3.71. The van der Waals surface area contributed by atoms with Gasteiger partial charge in [-0.3, -0.25) is 24.0 Å². The first-order valence-electron chi connectivity index (χ1n) is 10.1. The van der Waals surface area contributed by atoms with Crippen molar-refractivity contribution in [3.63, 3.8) is 0 Å². The number of rotatable bonds is 14. The molecule has 0 aliphatic heterocycles. The Bertz CT molecular complexity index is 544. The number of hydrogen-bond donors (Lipinski definition) is 0. The summed E-state index contributed by atoms with van der Waals surface area (Å²) in [6, 6.07) is 0. The lowest BCUT2D eigenvalue weighted by molar-refractivity contribution is -0.197. The molecule has 10 heteroatoms. The lowest BCUT2D eigenvalue weighted by Gasteiger charge is -2.32. The van der Waals surface area contributed by atoms with Gasteiger partial charge in [0, 0.05) is 32.1 Å². The molecular formula is C20H32O10. The number of carbonyl (C=O) groups excluding carboxylic acids is 5. The third kappa shape index (κ3) is 10.8. The van der Waals surface area contributed by atoms with Crippen LogP contribution in [0.5, 0.6) is 0 Å². The lowest BCUT2D eigenvalue weighted by Crippen LogP contribution is -2.49. The molecule has 0 aromatic rings. The minimum atomic E-state index is -1.35. The van der Waals surface area contributed by atoms with Crippen LogP contribution in [0, 0.1) is 0 Å². The Balaban J connectivity index is 5.89. The topological polar surface area (TPSA) is 132 Å². The Labute approximate surface area is 176 Å². The van der Waals surface area contributed by atoms with Crippen molar-refractivity contribution < 1.29 is 47.7 Å². The van der Waals surface area contributed by atoms with Crippen LogP contribution in [0.15, 0.2) is 0 Å². The number of hydrogen-bond acceptors (Lipinski definition) is 10. The predicted molar refractivity (Wildman–Crippen MR) is 103 cm³/mol. The van der Waals surface area contributed by atoms with Crippen molar-refractivity contribution in [3.8, 4) is 0 Å². The van der Waals surface area contributed by atoms with E-state index in [-0.39, 0.29) is 32.1 Å². The van der Waals surface area contributed by atoms with Gasteiger partial charge in [-0.2, -0.15) is 0 Å². The highest BCUT2D eigenvalue weighted by molar-refractivity contribution is 5.72. The minimum absolute atomic E-state index is 0.0108. The Kier molecular flexibility index (Phi) is 13.9. The fourth-order valence-electron chi connectivity index (χ4n) is 2.08. The van der Waals surface area contributed by atoms with Gasteiger partial charge in [0.15, 0.2) is 18.3 Å². The summed E-state index contributed by atoms with van der Waals surface area (Å²) in [5.41, 5.74) is 0. The van der Waals surface area contributed by atoms with Crippen LogP contribution >= 0.6 is 0 Å². The van der Waals surface area contributed by atoms with E-state index in [1.807, 2.05) is 0 Å². The molecule has 2 atom stereocenters.